The molecule has 0 bridgehead atoms. The van der Waals surface area contributed by atoms with Crippen LogP contribution >= 0.6 is 0 Å². The molecule has 1 aliphatic rings. The Morgan fingerprint density at radius 2 is 2.14 bits per heavy atom. The fourth-order valence-corrected chi connectivity index (χ4v) is 1.96. The summed E-state index contributed by atoms with van der Waals surface area (Å²) in [6.45, 7) is 0.992. The van der Waals surface area contributed by atoms with Gasteiger partial charge in [0, 0.05) is 37.3 Å². The van der Waals surface area contributed by atoms with Crippen LogP contribution in [0.5, 0.6) is 0 Å². The lowest BCUT2D eigenvalue weighted by atomic mass is 10.1. The normalized spacial score (nSPS) is 13.5. The van der Waals surface area contributed by atoms with E-state index in [2.05, 4.69) is 10.6 Å². The number of urea groups is 1. The van der Waals surface area contributed by atoms with Gasteiger partial charge in [0.15, 0.2) is 0 Å². The smallest absolute Gasteiger partial charge is 0.319 e. The topological polar surface area (TPSA) is 98.7 Å². The predicted molar refractivity (Wildman–Crippen MR) is 77.3 cm³/mol. The molecule has 1 aromatic carbocycles. The fraction of sp³-hybridized carbons (Fsp3) is 0.357. The zero-order chi connectivity index (χ0) is 15.2. The SMILES string of the molecule is O=C(O)CCCNC(=O)Nc1cccc(N2CCC2=O)c1. The largest absolute Gasteiger partial charge is 0.481 e. The number of rotatable bonds is 6. The van der Waals surface area contributed by atoms with Crippen molar-refractivity contribution in [1.29, 1.82) is 0 Å². The fourth-order valence-electron chi connectivity index (χ4n) is 1.96. The van der Waals surface area contributed by atoms with Gasteiger partial charge in [-0.1, -0.05) is 6.07 Å². The first-order valence-corrected chi connectivity index (χ1v) is 6.73. The van der Waals surface area contributed by atoms with E-state index in [1.165, 1.54) is 0 Å². The summed E-state index contributed by atoms with van der Waals surface area (Å²) < 4.78 is 0. The number of aliphatic carboxylic acids is 1. The van der Waals surface area contributed by atoms with Crippen LogP contribution in [0.15, 0.2) is 24.3 Å². The van der Waals surface area contributed by atoms with E-state index in [0.29, 0.717) is 31.6 Å². The predicted octanol–water partition coefficient (Wildman–Crippen LogP) is 1.41. The summed E-state index contributed by atoms with van der Waals surface area (Å²) in [5, 5.41) is 13.7. The number of amides is 3. The van der Waals surface area contributed by atoms with Gasteiger partial charge < -0.3 is 20.6 Å². The maximum atomic E-state index is 11.6. The quantitative estimate of drug-likeness (QED) is 0.545. The number of carbonyl (C=O) groups excluding carboxylic acids is 2. The summed E-state index contributed by atoms with van der Waals surface area (Å²) in [5.74, 6) is -0.811. The summed E-state index contributed by atoms with van der Waals surface area (Å²) in [5.41, 5.74) is 1.35. The molecule has 112 valence electrons. The van der Waals surface area contributed by atoms with Crippen LogP contribution in [0, 0.1) is 0 Å². The maximum absolute atomic E-state index is 11.6. The van der Waals surface area contributed by atoms with Crippen molar-refractivity contribution in [3.8, 4) is 0 Å². The molecule has 0 saturated carbocycles. The molecule has 1 heterocycles. The highest BCUT2D eigenvalue weighted by atomic mass is 16.4. The molecule has 0 spiro atoms. The molecule has 0 aromatic heterocycles. The molecule has 1 fully saturated rings. The van der Waals surface area contributed by atoms with Gasteiger partial charge in [-0.25, -0.2) is 4.79 Å². The van der Waals surface area contributed by atoms with Gasteiger partial charge in [0.1, 0.15) is 0 Å². The first-order valence-electron chi connectivity index (χ1n) is 6.73. The van der Waals surface area contributed by atoms with Crippen molar-refractivity contribution in [3.05, 3.63) is 24.3 Å². The molecule has 0 unspecified atom stereocenters. The van der Waals surface area contributed by atoms with Crippen molar-refractivity contribution >= 4 is 29.3 Å². The van der Waals surface area contributed by atoms with Gasteiger partial charge in [0.2, 0.25) is 5.91 Å². The summed E-state index contributed by atoms with van der Waals surface area (Å²) in [6.07, 6.45) is 0.958. The van der Waals surface area contributed by atoms with Crippen LogP contribution < -0.4 is 15.5 Å². The standard InChI is InChI=1S/C14H17N3O4/c18-12-6-8-17(12)11-4-1-3-10(9-11)16-14(21)15-7-2-5-13(19)20/h1,3-4,9H,2,5-8H2,(H,19,20)(H2,15,16,21). The minimum Gasteiger partial charge on any atom is -0.481 e. The van der Waals surface area contributed by atoms with Gasteiger partial charge in [0.05, 0.1) is 0 Å². The molecule has 0 aliphatic carbocycles. The van der Waals surface area contributed by atoms with E-state index in [9.17, 15) is 14.4 Å². The molecule has 21 heavy (non-hydrogen) atoms. The average Bonchev–Trinajstić information content (AvgIpc) is 2.42. The van der Waals surface area contributed by atoms with E-state index in [1.807, 2.05) is 6.07 Å². The summed E-state index contributed by atoms with van der Waals surface area (Å²) in [4.78, 5) is 35.0. The molecule has 7 heteroatoms. The highest BCUT2D eigenvalue weighted by Gasteiger charge is 2.25. The van der Waals surface area contributed by atoms with Crippen LogP contribution in [-0.2, 0) is 9.59 Å². The number of nitrogens with zero attached hydrogens (tertiary/aromatic N) is 1. The van der Waals surface area contributed by atoms with E-state index in [1.54, 1.807) is 23.1 Å². The zero-order valence-electron chi connectivity index (χ0n) is 11.5. The zero-order valence-corrected chi connectivity index (χ0v) is 11.5. The molecule has 0 atom stereocenters. The van der Waals surface area contributed by atoms with Crippen molar-refractivity contribution in [2.24, 2.45) is 0 Å². The van der Waals surface area contributed by atoms with Gasteiger partial charge >= 0.3 is 12.0 Å². The lowest BCUT2D eigenvalue weighted by molar-refractivity contribution is -0.137. The van der Waals surface area contributed by atoms with Crippen LogP contribution in [0.25, 0.3) is 0 Å². The van der Waals surface area contributed by atoms with Crippen molar-refractivity contribution in [2.75, 3.05) is 23.3 Å². The molecule has 3 N–H and O–H groups in total. The first kappa shape index (κ1) is 14.8. The third-order valence-corrected chi connectivity index (χ3v) is 3.12. The Bertz CT molecular complexity index is 559. The molecule has 7 nitrogen and oxygen atoms in total. The van der Waals surface area contributed by atoms with Gasteiger partial charge in [0.25, 0.3) is 0 Å². The summed E-state index contributed by atoms with van der Waals surface area (Å²) in [6, 6.07) is 6.64. The van der Waals surface area contributed by atoms with Crippen LogP contribution in [0.1, 0.15) is 19.3 Å². The lowest BCUT2D eigenvalue weighted by Gasteiger charge is -2.30. The average molecular weight is 291 g/mol. The van der Waals surface area contributed by atoms with Crippen molar-refractivity contribution < 1.29 is 19.5 Å². The van der Waals surface area contributed by atoms with Gasteiger partial charge in [-0.15, -0.1) is 0 Å². The summed E-state index contributed by atoms with van der Waals surface area (Å²) in [7, 11) is 0. The number of benzene rings is 1. The van der Waals surface area contributed by atoms with Crippen LogP contribution in [0.3, 0.4) is 0 Å². The van der Waals surface area contributed by atoms with Gasteiger partial charge in [-0.2, -0.15) is 0 Å². The van der Waals surface area contributed by atoms with E-state index in [-0.39, 0.29) is 12.3 Å². The first-order chi connectivity index (χ1) is 10.1. The minimum atomic E-state index is -0.885. The van der Waals surface area contributed by atoms with Crippen LogP contribution in [0.2, 0.25) is 0 Å². The Morgan fingerprint density at radius 1 is 1.33 bits per heavy atom. The van der Waals surface area contributed by atoms with E-state index < -0.39 is 12.0 Å². The van der Waals surface area contributed by atoms with Crippen molar-refractivity contribution in [1.82, 2.24) is 5.32 Å². The Balaban J connectivity index is 1.82. The third kappa shape index (κ3) is 4.20. The number of nitrogens with one attached hydrogen (secondary N) is 2. The molecule has 2 rings (SSSR count). The second kappa shape index (κ2) is 6.74. The summed E-state index contributed by atoms with van der Waals surface area (Å²) >= 11 is 0. The van der Waals surface area contributed by atoms with E-state index in [0.717, 1.165) is 5.69 Å². The highest BCUT2D eigenvalue weighted by molar-refractivity contribution is 6.00. The second-order valence-corrected chi connectivity index (χ2v) is 4.72. The Kier molecular flexibility index (Phi) is 4.76. The number of carboxylic acids is 1. The Hall–Kier alpha value is -2.57. The number of carboxylic acid groups (broad SMARTS) is 1. The molecule has 1 saturated heterocycles. The molecule has 1 aliphatic heterocycles. The molecule has 1 aromatic rings. The Labute approximate surface area is 121 Å². The van der Waals surface area contributed by atoms with E-state index >= 15 is 0 Å². The number of anilines is 2. The molecular weight excluding hydrogens is 274 g/mol. The highest BCUT2D eigenvalue weighted by Crippen LogP contribution is 2.24. The Morgan fingerprint density at radius 3 is 2.76 bits per heavy atom. The second-order valence-electron chi connectivity index (χ2n) is 4.72. The van der Waals surface area contributed by atoms with Gasteiger partial charge in [-0.3, -0.25) is 9.59 Å². The van der Waals surface area contributed by atoms with Crippen LogP contribution in [0.4, 0.5) is 16.2 Å². The van der Waals surface area contributed by atoms with Crippen molar-refractivity contribution in [3.63, 3.8) is 0 Å². The maximum Gasteiger partial charge on any atom is 0.319 e. The number of β-lactam (4-membered cyclic amide) rings is 1. The number of hydrogen-bond acceptors (Lipinski definition) is 3. The monoisotopic (exact) mass is 291 g/mol. The van der Waals surface area contributed by atoms with E-state index in [4.69, 9.17) is 5.11 Å². The molecule has 0 radical (unpaired) electrons. The number of hydrogen-bond donors (Lipinski definition) is 3. The van der Waals surface area contributed by atoms with Crippen LogP contribution in [-0.4, -0.2) is 36.1 Å². The third-order valence-electron chi connectivity index (χ3n) is 3.12. The van der Waals surface area contributed by atoms with Gasteiger partial charge in [-0.05, 0) is 24.6 Å². The molecular formula is C14H17N3O4. The number of carbonyl (C=O) groups is 3. The minimum absolute atomic E-state index is 0.0207. The lowest BCUT2D eigenvalue weighted by Crippen LogP contribution is -2.43. The van der Waals surface area contributed by atoms with Crippen molar-refractivity contribution in [2.45, 2.75) is 19.3 Å². The molecule has 3 amide bonds.